The Hall–Kier alpha value is 0.270. The van der Waals surface area contributed by atoms with Crippen molar-refractivity contribution in [2.45, 2.75) is 4.90 Å². The quantitative estimate of drug-likeness (QED) is 0.415. The average molecular weight is 202 g/mol. The van der Waals surface area contributed by atoms with E-state index in [4.69, 9.17) is 0 Å². The number of benzene rings is 1. The lowest BCUT2D eigenvalue weighted by atomic mass is 10.4. The molecule has 0 aliphatic rings. The molecule has 0 aromatic heterocycles. The summed E-state index contributed by atoms with van der Waals surface area (Å²) in [5.74, 6) is 0. The Morgan fingerprint density at radius 1 is 1.18 bits per heavy atom. The molecule has 0 aliphatic heterocycles. The fraction of sp³-hybridized carbons (Fsp3) is 0.250. The summed E-state index contributed by atoms with van der Waals surface area (Å²) >= 11 is 1.86. The van der Waals surface area contributed by atoms with Gasteiger partial charge in [0.1, 0.15) is 0 Å². The number of hydrogen-bond acceptors (Lipinski definition) is 3. The van der Waals surface area contributed by atoms with Crippen molar-refractivity contribution < 1.29 is 0 Å². The molecule has 1 rings (SSSR count). The minimum Gasteiger partial charge on any atom is -0.154 e. The minimum absolute atomic E-state index is 1.15. The van der Waals surface area contributed by atoms with Gasteiger partial charge in [0.15, 0.2) is 0 Å². The summed E-state index contributed by atoms with van der Waals surface area (Å²) in [4.78, 5) is 1.34. The monoisotopic (exact) mass is 202 g/mol. The predicted octanol–water partition coefficient (Wildman–Crippen LogP) is 3.75. The highest BCUT2D eigenvalue weighted by atomic mass is 33.1. The molecule has 0 heterocycles. The van der Waals surface area contributed by atoms with Crippen LogP contribution >= 0.6 is 33.3 Å². The van der Waals surface area contributed by atoms with Crippen LogP contribution in [0.4, 0.5) is 0 Å². The lowest BCUT2D eigenvalue weighted by Crippen LogP contribution is -1.65. The summed E-state index contributed by atoms with van der Waals surface area (Å²) in [6, 6.07) is 10.5. The van der Waals surface area contributed by atoms with Gasteiger partial charge in [-0.05, 0) is 18.4 Å². The summed E-state index contributed by atoms with van der Waals surface area (Å²) in [5.41, 5.74) is 0. The van der Waals surface area contributed by atoms with E-state index >= 15 is 0 Å². The van der Waals surface area contributed by atoms with Crippen molar-refractivity contribution in [3.63, 3.8) is 0 Å². The summed E-state index contributed by atoms with van der Waals surface area (Å²) in [6.07, 6.45) is 2.12. The van der Waals surface area contributed by atoms with E-state index in [-0.39, 0.29) is 0 Å². The standard InChI is InChI=1S/C8H10S3/c1-9-7-10-11-8-5-3-2-4-6-8/h2-6H,7H2,1H3. The van der Waals surface area contributed by atoms with Crippen LogP contribution in [-0.4, -0.2) is 11.3 Å². The van der Waals surface area contributed by atoms with Gasteiger partial charge in [-0.3, -0.25) is 0 Å². The third-order valence-electron chi connectivity index (χ3n) is 1.06. The maximum Gasteiger partial charge on any atom is 0.0496 e. The van der Waals surface area contributed by atoms with Crippen LogP contribution in [0.2, 0.25) is 0 Å². The van der Waals surface area contributed by atoms with Gasteiger partial charge in [0, 0.05) is 9.98 Å². The second kappa shape index (κ2) is 5.86. The summed E-state index contributed by atoms with van der Waals surface area (Å²) in [6.45, 7) is 0. The molecule has 0 spiro atoms. The third-order valence-corrected chi connectivity index (χ3v) is 4.77. The van der Waals surface area contributed by atoms with E-state index in [1.165, 1.54) is 4.90 Å². The first-order valence-corrected chi connectivity index (χ1v) is 6.98. The lowest BCUT2D eigenvalue weighted by molar-refractivity contribution is 1.48. The molecule has 1 aromatic rings. The molecule has 1 aromatic carbocycles. The summed E-state index contributed by atoms with van der Waals surface area (Å²) in [7, 11) is 3.73. The Kier molecular flexibility index (Phi) is 4.99. The zero-order chi connectivity index (χ0) is 7.94. The van der Waals surface area contributed by atoms with Crippen molar-refractivity contribution in [2.24, 2.45) is 0 Å². The van der Waals surface area contributed by atoms with Crippen LogP contribution < -0.4 is 0 Å². The Labute approximate surface area is 79.9 Å². The van der Waals surface area contributed by atoms with Crippen LogP contribution in [-0.2, 0) is 0 Å². The highest BCUT2D eigenvalue weighted by Gasteiger charge is 1.90. The molecule has 0 radical (unpaired) electrons. The summed E-state index contributed by atoms with van der Waals surface area (Å²) in [5, 5.41) is 1.15. The van der Waals surface area contributed by atoms with Gasteiger partial charge < -0.3 is 0 Å². The Morgan fingerprint density at radius 2 is 1.91 bits per heavy atom. The van der Waals surface area contributed by atoms with E-state index in [2.05, 4.69) is 30.5 Å². The summed E-state index contributed by atoms with van der Waals surface area (Å²) < 4.78 is 0. The van der Waals surface area contributed by atoms with E-state index in [0.29, 0.717) is 0 Å². The first-order valence-electron chi connectivity index (χ1n) is 3.27. The van der Waals surface area contributed by atoms with Crippen molar-refractivity contribution >= 4 is 33.3 Å². The van der Waals surface area contributed by atoms with E-state index in [1.54, 1.807) is 0 Å². The maximum atomic E-state index is 2.14. The third kappa shape index (κ3) is 3.99. The normalized spacial score (nSPS) is 9.91. The van der Waals surface area contributed by atoms with Gasteiger partial charge in [0.25, 0.3) is 0 Å². The molecular weight excluding hydrogens is 192 g/mol. The Balaban J connectivity index is 2.28. The molecule has 0 unspecified atom stereocenters. The van der Waals surface area contributed by atoms with Crippen LogP contribution in [0.3, 0.4) is 0 Å². The van der Waals surface area contributed by atoms with Crippen molar-refractivity contribution in [2.75, 3.05) is 11.3 Å². The van der Waals surface area contributed by atoms with Gasteiger partial charge in [-0.1, -0.05) is 39.8 Å². The Bertz CT molecular complexity index is 186. The highest BCUT2D eigenvalue weighted by molar-refractivity contribution is 8.78. The van der Waals surface area contributed by atoms with Crippen LogP contribution in [0.25, 0.3) is 0 Å². The second-order valence-corrected chi connectivity index (χ2v) is 5.52. The number of thioether (sulfide) groups is 1. The van der Waals surface area contributed by atoms with Crippen molar-refractivity contribution in [1.29, 1.82) is 0 Å². The van der Waals surface area contributed by atoms with E-state index in [1.807, 2.05) is 39.4 Å². The average Bonchev–Trinajstić information content (AvgIpc) is 2.07. The molecular formula is C8H10S3. The first-order chi connectivity index (χ1) is 5.43. The van der Waals surface area contributed by atoms with E-state index in [0.717, 1.165) is 5.08 Å². The molecule has 0 saturated heterocycles. The van der Waals surface area contributed by atoms with Gasteiger partial charge in [-0.2, -0.15) is 11.8 Å². The topological polar surface area (TPSA) is 0 Å². The number of hydrogen-bond donors (Lipinski definition) is 0. The molecule has 0 saturated carbocycles. The van der Waals surface area contributed by atoms with Crippen molar-refractivity contribution in [3.05, 3.63) is 30.3 Å². The molecule has 0 N–H and O–H groups in total. The molecule has 0 amide bonds. The maximum absolute atomic E-state index is 2.14. The molecule has 11 heavy (non-hydrogen) atoms. The SMILES string of the molecule is CSCSSc1ccccc1. The van der Waals surface area contributed by atoms with Crippen LogP contribution in [0.5, 0.6) is 0 Å². The first kappa shape index (κ1) is 9.36. The van der Waals surface area contributed by atoms with Gasteiger partial charge in [0.2, 0.25) is 0 Å². The molecule has 3 heteroatoms. The smallest absolute Gasteiger partial charge is 0.0496 e. The molecule has 0 nitrogen and oxygen atoms in total. The zero-order valence-corrected chi connectivity index (χ0v) is 8.77. The molecule has 60 valence electrons. The van der Waals surface area contributed by atoms with Crippen molar-refractivity contribution in [1.82, 2.24) is 0 Å². The lowest BCUT2D eigenvalue weighted by Gasteiger charge is -1.97. The molecule has 0 fully saturated rings. The van der Waals surface area contributed by atoms with Crippen LogP contribution in [0.15, 0.2) is 35.2 Å². The Morgan fingerprint density at radius 3 is 2.55 bits per heavy atom. The van der Waals surface area contributed by atoms with Crippen LogP contribution in [0.1, 0.15) is 0 Å². The number of rotatable bonds is 4. The van der Waals surface area contributed by atoms with Crippen LogP contribution in [0, 0.1) is 0 Å². The molecule has 0 bridgehead atoms. The van der Waals surface area contributed by atoms with Gasteiger partial charge in [0.05, 0.1) is 0 Å². The fourth-order valence-electron chi connectivity index (χ4n) is 0.616. The zero-order valence-electron chi connectivity index (χ0n) is 6.32. The largest absolute Gasteiger partial charge is 0.154 e. The van der Waals surface area contributed by atoms with Gasteiger partial charge in [-0.15, -0.1) is 0 Å². The highest BCUT2D eigenvalue weighted by Crippen LogP contribution is 2.32. The van der Waals surface area contributed by atoms with Gasteiger partial charge >= 0.3 is 0 Å². The van der Waals surface area contributed by atoms with Crippen molar-refractivity contribution in [3.8, 4) is 0 Å². The molecule has 0 aliphatic carbocycles. The minimum atomic E-state index is 1.15. The van der Waals surface area contributed by atoms with E-state index < -0.39 is 0 Å². The van der Waals surface area contributed by atoms with E-state index in [9.17, 15) is 0 Å². The van der Waals surface area contributed by atoms with Gasteiger partial charge in [-0.25, -0.2) is 0 Å². The second-order valence-electron chi connectivity index (χ2n) is 1.92. The fourth-order valence-corrected chi connectivity index (χ4v) is 3.64. The predicted molar refractivity (Wildman–Crippen MR) is 58.3 cm³/mol. The molecule has 0 atom stereocenters.